The molecule has 2 unspecified atom stereocenters. The molecule has 3 N–H and O–H groups in total. The Labute approximate surface area is 227 Å². The number of carbonyl (C=O) groups excluding carboxylic acids is 4. The maximum Gasteiger partial charge on any atom is 0.264 e. The first-order chi connectivity index (χ1) is 18.3. The number of fused-ring (bicyclic) bond motifs is 1. The van der Waals surface area contributed by atoms with Crippen molar-refractivity contribution in [2.75, 3.05) is 18.4 Å². The maximum absolute atomic E-state index is 13.2. The van der Waals surface area contributed by atoms with Crippen LogP contribution in [0.3, 0.4) is 0 Å². The number of nitrogens with one attached hydrogen (secondary N) is 3. The van der Waals surface area contributed by atoms with Crippen LogP contribution < -0.4 is 16.0 Å². The van der Waals surface area contributed by atoms with Crippen LogP contribution in [0.25, 0.3) is 0 Å². The second-order valence-electron chi connectivity index (χ2n) is 10.6. The molecule has 0 aliphatic carbocycles. The number of imide groups is 2. The normalized spacial score (nSPS) is 18.4. The number of carbonyl (C=O) groups is 4. The molecule has 3 rings (SSSR count). The predicted molar refractivity (Wildman–Crippen MR) is 150 cm³/mol. The van der Waals surface area contributed by atoms with Crippen molar-refractivity contribution in [2.24, 2.45) is 5.41 Å². The van der Waals surface area contributed by atoms with Crippen LogP contribution in [0, 0.1) is 5.41 Å². The zero-order valence-corrected chi connectivity index (χ0v) is 23.2. The smallest absolute Gasteiger partial charge is 0.264 e. The predicted octanol–water partition coefficient (Wildman–Crippen LogP) is 4.81. The highest BCUT2D eigenvalue weighted by Gasteiger charge is 2.45. The first-order valence-corrected chi connectivity index (χ1v) is 14.2. The van der Waals surface area contributed by atoms with Crippen molar-refractivity contribution < 1.29 is 19.2 Å². The first-order valence-electron chi connectivity index (χ1n) is 14.2. The molecule has 38 heavy (non-hydrogen) atoms. The van der Waals surface area contributed by atoms with Gasteiger partial charge in [0.15, 0.2) is 0 Å². The van der Waals surface area contributed by atoms with Gasteiger partial charge in [0.1, 0.15) is 6.04 Å². The Morgan fingerprint density at radius 2 is 1.74 bits per heavy atom. The molecule has 0 radical (unpaired) electrons. The van der Waals surface area contributed by atoms with E-state index in [-0.39, 0.29) is 24.2 Å². The van der Waals surface area contributed by atoms with Crippen molar-refractivity contribution in [3.63, 3.8) is 0 Å². The van der Waals surface area contributed by atoms with Gasteiger partial charge in [0.2, 0.25) is 11.8 Å². The lowest BCUT2D eigenvalue weighted by Crippen LogP contribution is -2.54. The number of benzene rings is 1. The molecule has 1 aromatic carbocycles. The highest BCUT2D eigenvalue weighted by Crippen LogP contribution is 2.35. The Morgan fingerprint density at radius 3 is 2.39 bits per heavy atom. The van der Waals surface area contributed by atoms with Gasteiger partial charge >= 0.3 is 0 Å². The summed E-state index contributed by atoms with van der Waals surface area (Å²) in [5, 5.41) is 9.28. The van der Waals surface area contributed by atoms with Gasteiger partial charge in [-0.1, -0.05) is 45.3 Å². The first kappa shape index (κ1) is 29.6. The van der Waals surface area contributed by atoms with Gasteiger partial charge in [-0.25, -0.2) is 0 Å². The van der Waals surface area contributed by atoms with Crippen molar-refractivity contribution in [1.82, 2.24) is 15.5 Å². The van der Waals surface area contributed by atoms with E-state index in [0.29, 0.717) is 29.4 Å². The molecule has 2 atom stereocenters. The van der Waals surface area contributed by atoms with Crippen molar-refractivity contribution in [1.29, 1.82) is 0 Å². The lowest BCUT2D eigenvalue weighted by Gasteiger charge is -2.38. The number of nitrogens with zero attached hydrogens (tertiary/aromatic N) is 1. The second kappa shape index (κ2) is 13.7. The number of unbranched alkanes of at least 4 members (excludes halogenated alkanes) is 4. The standard InChI is InChI=1S/C30H44N4O4/c1-5-18-30(6-2,7-3)21(4)31-19-11-9-8-10-12-20-32-23-15-13-14-22-26(23)29(38)34(28(22)37)24-16-17-25(35)33-27(24)36/h5,13-15,21,24,31-32H,1,6-12,16-20H2,2-4H3,(H,33,35,36). The topological polar surface area (TPSA) is 108 Å². The van der Waals surface area contributed by atoms with Crippen LogP contribution in [-0.4, -0.2) is 53.7 Å². The van der Waals surface area contributed by atoms with E-state index in [1.807, 2.05) is 6.08 Å². The number of rotatable bonds is 16. The van der Waals surface area contributed by atoms with Crippen molar-refractivity contribution in [3.05, 3.63) is 42.0 Å². The van der Waals surface area contributed by atoms with Crippen molar-refractivity contribution in [2.45, 2.75) is 97.1 Å². The maximum atomic E-state index is 13.2. The number of hydrogen-bond acceptors (Lipinski definition) is 6. The zero-order chi connectivity index (χ0) is 27.7. The van der Waals surface area contributed by atoms with Gasteiger partial charge < -0.3 is 10.6 Å². The average molecular weight is 525 g/mol. The summed E-state index contributed by atoms with van der Waals surface area (Å²) >= 11 is 0. The van der Waals surface area contributed by atoms with E-state index in [4.69, 9.17) is 0 Å². The van der Waals surface area contributed by atoms with Crippen molar-refractivity contribution >= 4 is 29.3 Å². The molecule has 1 saturated heterocycles. The number of amides is 4. The lowest BCUT2D eigenvalue weighted by atomic mass is 9.73. The van der Waals surface area contributed by atoms with E-state index in [0.717, 1.165) is 56.4 Å². The summed E-state index contributed by atoms with van der Waals surface area (Å²) < 4.78 is 0. The zero-order valence-electron chi connectivity index (χ0n) is 23.2. The largest absolute Gasteiger partial charge is 0.384 e. The molecule has 2 aliphatic heterocycles. The monoisotopic (exact) mass is 524 g/mol. The van der Waals surface area contributed by atoms with Gasteiger partial charge in [-0.2, -0.15) is 0 Å². The minimum absolute atomic E-state index is 0.109. The number of allylic oxidation sites excluding steroid dienone is 1. The van der Waals surface area contributed by atoms with Gasteiger partial charge in [0.05, 0.1) is 11.1 Å². The summed E-state index contributed by atoms with van der Waals surface area (Å²) in [7, 11) is 0. The SMILES string of the molecule is C=CCC(CC)(CC)C(C)NCCCCCCCNc1cccc2c1C(=O)N(C1CCC(=O)NC1=O)C2=O. The Hall–Kier alpha value is -3.00. The van der Waals surface area contributed by atoms with Crippen LogP contribution in [0.4, 0.5) is 5.69 Å². The average Bonchev–Trinajstić information content (AvgIpc) is 3.16. The third-order valence-corrected chi connectivity index (χ3v) is 8.47. The molecule has 1 fully saturated rings. The van der Waals surface area contributed by atoms with Gasteiger partial charge in [-0.3, -0.25) is 29.4 Å². The molecule has 0 aromatic heterocycles. The van der Waals surface area contributed by atoms with Gasteiger partial charge in [-0.05, 0) is 69.5 Å². The third-order valence-electron chi connectivity index (χ3n) is 8.47. The van der Waals surface area contributed by atoms with Gasteiger partial charge in [0, 0.05) is 24.7 Å². The van der Waals surface area contributed by atoms with E-state index in [9.17, 15) is 19.2 Å². The Balaban J connectivity index is 1.41. The van der Waals surface area contributed by atoms with Crippen LogP contribution in [0.1, 0.15) is 106 Å². The molecule has 8 nitrogen and oxygen atoms in total. The molecule has 208 valence electrons. The molecule has 4 amide bonds. The highest BCUT2D eigenvalue weighted by atomic mass is 16.2. The fourth-order valence-electron chi connectivity index (χ4n) is 5.82. The summed E-state index contributed by atoms with van der Waals surface area (Å²) in [6.45, 7) is 12.5. The summed E-state index contributed by atoms with van der Waals surface area (Å²) in [6, 6.07) is 4.67. The van der Waals surface area contributed by atoms with Crippen LogP contribution in [-0.2, 0) is 9.59 Å². The Morgan fingerprint density at radius 1 is 1.05 bits per heavy atom. The summed E-state index contributed by atoms with van der Waals surface area (Å²) in [4.78, 5) is 50.9. The Bertz CT molecular complexity index is 1030. The fraction of sp³-hybridized carbons (Fsp3) is 0.600. The summed E-state index contributed by atoms with van der Waals surface area (Å²) in [5.74, 6) is -1.94. The Kier molecular flexibility index (Phi) is 10.6. The van der Waals surface area contributed by atoms with E-state index in [1.54, 1.807) is 18.2 Å². The van der Waals surface area contributed by atoms with E-state index < -0.39 is 23.8 Å². The van der Waals surface area contributed by atoms with E-state index in [1.165, 1.54) is 6.42 Å². The molecule has 0 spiro atoms. The number of piperidine rings is 1. The number of hydrogen-bond donors (Lipinski definition) is 3. The molecule has 0 bridgehead atoms. The molecule has 2 heterocycles. The minimum Gasteiger partial charge on any atom is -0.384 e. The summed E-state index contributed by atoms with van der Waals surface area (Å²) in [5.41, 5.74) is 1.52. The van der Waals surface area contributed by atoms with Gasteiger partial charge in [-0.15, -0.1) is 6.58 Å². The quantitative estimate of drug-likeness (QED) is 0.163. The molecule has 8 heteroatoms. The van der Waals surface area contributed by atoms with Crippen molar-refractivity contribution in [3.8, 4) is 0 Å². The summed E-state index contributed by atoms with van der Waals surface area (Å²) in [6.07, 6.45) is 11.1. The second-order valence-corrected chi connectivity index (χ2v) is 10.6. The van der Waals surface area contributed by atoms with E-state index in [2.05, 4.69) is 43.3 Å². The van der Waals surface area contributed by atoms with Crippen LogP contribution in [0.5, 0.6) is 0 Å². The molecular weight excluding hydrogens is 480 g/mol. The highest BCUT2D eigenvalue weighted by molar-refractivity contribution is 6.25. The van der Waals surface area contributed by atoms with Crippen LogP contribution in [0.15, 0.2) is 30.9 Å². The molecule has 1 aromatic rings. The molecule has 2 aliphatic rings. The fourth-order valence-corrected chi connectivity index (χ4v) is 5.82. The minimum atomic E-state index is -0.951. The third kappa shape index (κ3) is 6.52. The lowest BCUT2D eigenvalue weighted by molar-refractivity contribution is -0.136. The van der Waals surface area contributed by atoms with E-state index >= 15 is 0 Å². The molecular formula is C30H44N4O4. The molecule has 0 saturated carbocycles. The van der Waals surface area contributed by atoms with Crippen LogP contribution >= 0.6 is 0 Å². The van der Waals surface area contributed by atoms with Gasteiger partial charge in [0.25, 0.3) is 11.8 Å². The van der Waals surface area contributed by atoms with Crippen LogP contribution in [0.2, 0.25) is 0 Å². The number of anilines is 1.